The van der Waals surface area contributed by atoms with Gasteiger partial charge in [0.1, 0.15) is 22.8 Å². The smallest absolute Gasteiger partial charge is 0.451 e. The first-order valence-electron chi connectivity index (χ1n) is 11.5. The zero-order chi connectivity index (χ0) is 26.8. The number of fused-ring (bicyclic) bond motifs is 1. The van der Waals surface area contributed by atoms with E-state index in [1.165, 1.54) is 31.3 Å². The van der Waals surface area contributed by atoms with Gasteiger partial charge in [-0.05, 0) is 24.3 Å². The highest BCUT2D eigenvalue weighted by molar-refractivity contribution is 6.68. The lowest BCUT2D eigenvalue weighted by Gasteiger charge is -2.20. The van der Waals surface area contributed by atoms with E-state index in [0.29, 0.717) is 16.8 Å². The van der Waals surface area contributed by atoms with Crippen LogP contribution in [0.5, 0.6) is 5.75 Å². The molecular weight excluding hydrogens is 488 g/mol. The van der Waals surface area contributed by atoms with E-state index in [2.05, 4.69) is 4.99 Å². The van der Waals surface area contributed by atoms with Gasteiger partial charge in [0, 0.05) is 17.7 Å². The number of amides is 4. The summed E-state index contributed by atoms with van der Waals surface area (Å²) in [7, 11) is 1.27. The number of amidine groups is 1. The van der Waals surface area contributed by atoms with Gasteiger partial charge in [0.2, 0.25) is 5.71 Å². The highest BCUT2D eigenvalue weighted by Crippen LogP contribution is 2.25. The summed E-state index contributed by atoms with van der Waals surface area (Å²) >= 11 is 0. The van der Waals surface area contributed by atoms with E-state index in [1.54, 1.807) is 30.3 Å². The maximum Gasteiger partial charge on any atom is 0.451 e. The lowest BCUT2D eigenvalue weighted by atomic mass is 10.1. The number of imide groups is 1. The molecule has 0 fully saturated rings. The van der Waals surface area contributed by atoms with Gasteiger partial charge in [0.25, 0.3) is 11.7 Å². The molecule has 1 aliphatic rings. The number of hydrogen-bond donors (Lipinski definition) is 1. The van der Waals surface area contributed by atoms with E-state index >= 15 is 0 Å². The number of nitrogens with zero attached hydrogens (tertiary/aromatic N) is 3. The average Bonchev–Trinajstić information content (AvgIpc) is 2.94. The van der Waals surface area contributed by atoms with Crippen molar-refractivity contribution in [1.29, 1.82) is 0 Å². The van der Waals surface area contributed by atoms with Crippen molar-refractivity contribution in [3.05, 3.63) is 95.2 Å². The van der Waals surface area contributed by atoms with Crippen LogP contribution in [0.1, 0.15) is 0 Å². The number of benzene rings is 3. The fourth-order valence-electron chi connectivity index (χ4n) is 3.92. The van der Waals surface area contributed by atoms with Crippen molar-refractivity contribution in [2.24, 2.45) is 10.7 Å². The first-order valence-corrected chi connectivity index (χ1v) is 11.5. The predicted octanol–water partition coefficient (Wildman–Crippen LogP) is 3.10. The van der Waals surface area contributed by atoms with Crippen molar-refractivity contribution in [3.8, 4) is 17.1 Å². The summed E-state index contributed by atoms with van der Waals surface area (Å²) in [6.07, 6.45) is 0. The molecule has 3 aromatic carbocycles. The maximum atomic E-state index is 12.7. The summed E-state index contributed by atoms with van der Waals surface area (Å²) in [5.41, 5.74) is 6.94. The van der Waals surface area contributed by atoms with Crippen molar-refractivity contribution in [2.45, 2.75) is 0 Å². The number of hydrogen-bond acceptors (Lipinski definition) is 7. The Labute approximate surface area is 215 Å². The van der Waals surface area contributed by atoms with E-state index in [9.17, 15) is 19.2 Å². The highest BCUT2D eigenvalue weighted by atomic mass is 16.5. The number of para-hydroxylation sites is 1. The van der Waals surface area contributed by atoms with Gasteiger partial charge < -0.3 is 14.9 Å². The largest absolute Gasteiger partial charge is 0.484 e. The maximum absolute atomic E-state index is 12.7. The Bertz CT molecular complexity index is 1710. The molecule has 1 aromatic heterocycles. The second kappa shape index (κ2) is 9.94. The molecule has 4 aromatic rings. The Morgan fingerprint density at radius 1 is 0.974 bits per heavy atom. The van der Waals surface area contributed by atoms with Gasteiger partial charge in [-0.25, -0.2) is 9.59 Å². The predicted molar refractivity (Wildman–Crippen MR) is 140 cm³/mol. The zero-order valence-electron chi connectivity index (χ0n) is 20.2. The average molecular weight is 509 g/mol. The Morgan fingerprint density at radius 3 is 2.37 bits per heavy atom. The van der Waals surface area contributed by atoms with E-state index < -0.39 is 24.5 Å². The van der Waals surface area contributed by atoms with E-state index in [4.69, 9.17) is 14.9 Å². The molecule has 10 heteroatoms. The van der Waals surface area contributed by atoms with Crippen LogP contribution in [0.3, 0.4) is 0 Å². The van der Waals surface area contributed by atoms with Gasteiger partial charge in [-0.1, -0.05) is 48.5 Å². The first kappa shape index (κ1) is 24.3. The van der Waals surface area contributed by atoms with Crippen LogP contribution in [0.15, 0.2) is 99.1 Å². The molecule has 0 saturated carbocycles. The standard InChI is InChI=1S/C28H20N4O6/c1-31-27(35)25(26(29)32(28(31)36)18-10-6-3-7-11-18)30-24(34)16-37-19-12-13-20-21(33)15-22(38-23(20)14-19)17-8-4-2-5-9-17/h2-15,29H,16H2,1H3/p+1. The minimum atomic E-state index is -0.811. The van der Waals surface area contributed by atoms with Crippen LogP contribution in [0.25, 0.3) is 22.3 Å². The molecule has 0 atom stereocenters. The molecule has 0 aliphatic carbocycles. The van der Waals surface area contributed by atoms with Gasteiger partial charge in [-0.3, -0.25) is 9.59 Å². The van der Waals surface area contributed by atoms with Crippen LogP contribution < -0.4 is 15.9 Å². The van der Waals surface area contributed by atoms with Crippen LogP contribution in [0, 0.1) is 0 Å². The monoisotopic (exact) mass is 509 g/mol. The van der Waals surface area contributed by atoms with Crippen LogP contribution in [-0.2, 0) is 9.59 Å². The normalized spacial score (nSPS) is 14.9. The summed E-state index contributed by atoms with van der Waals surface area (Å²) in [4.78, 5) is 55.2. The second-order valence-corrected chi connectivity index (χ2v) is 8.34. The lowest BCUT2D eigenvalue weighted by molar-refractivity contribution is -0.342. The summed E-state index contributed by atoms with van der Waals surface area (Å²) < 4.78 is 12.6. The Kier molecular flexibility index (Phi) is 6.36. The van der Waals surface area contributed by atoms with Gasteiger partial charge in [-0.2, -0.15) is 14.5 Å². The van der Waals surface area contributed by atoms with Crippen LogP contribution in [-0.4, -0.2) is 52.5 Å². The van der Waals surface area contributed by atoms with E-state index in [0.717, 1.165) is 15.0 Å². The number of rotatable bonds is 5. The van der Waals surface area contributed by atoms with Crippen LogP contribution in [0.2, 0.25) is 0 Å². The highest BCUT2D eigenvalue weighted by Gasteiger charge is 2.42. The van der Waals surface area contributed by atoms with Crippen molar-refractivity contribution in [1.82, 2.24) is 4.90 Å². The molecule has 0 radical (unpaired) electrons. The fraction of sp³-hybridized carbons (Fsp3) is 0.0714. The Hall–Kier alpha value is -5.38. The number of carbonyl (C=O) groups excluding carboxylic acids is 3. The molecule has 188 valence electrons. The van der Waals surface area contributed by atoms with Crippen molar-refractivity contribution >= 4 is 46.0 Å². The summed E-state index contributed by atoms with van der Waals surface area (Å²) in [6, 6.07) is 22.9. The molecule has 4 amide bonds. The molecule has 2 heterocycles. The number of carbonyl (C=O) groups is 3. The quantitative estimate of drug-likeness (QED) is 0.409. The van der Waals surface area contributed by atoms with Gasteiger partial charge >= 0.3 is 11.9 Å². The summed E-state index contributed by atoms with van der Waals surface area (Å²) in [5.74, 6) is -1.23. The molecule has 0 bridgehead atoms. The summed E-state index contributed by atoms with van der Waals surface area (Å²) in [5, 5.41) is 0.354. The van der Waals surface area contributed by atoms with Gasteiger partial charge in [0.15, 0.2) is 12.0 Å². The van der Waals surface area contributed by atoms with Crippen molar-refractivity contribution in [3.63, 3.8) is 0 Å². The zero-order valence-corrected chi connectivity index (χ0v) is 20.2. The molecule has 10 nitrogen and oxygen atoms in total. The third-order valence-corrected chi connectivity index (χ3v) is 5.84. The Morgan fingerprint density at radius 2 is 1.66 bits per heavy atom. The third kappa shape index (κ3) is 4.58. The van der Waals surface area contributed by atoms with Gasteiger partial charge in [-0.15, -0.1) is 0 Å². The molecule has 38 heavy (non-hydrogen) atoms. The number of aliphatic imine (C=N–C) groups is 1. The fourth-order valence-corrected chi connectivity index (χ4v) is 3.92. The SMILES string of the molecule is CN1C(=O)C(=NC(=O)COc2ccc3c(=O)cc(-c4ccccc4)oc3c2)C(N)=[N+](c2ccccc2)C1=O. The second-order valence-electron chi connectivity index (χ2n) is 8.34. The first-order chi connectivity index (χ1) is 18.3. The lowest BCUT2D eigenvalue weighted by Crippen LogP contribution is -2.55. The minimum Gasteiger partial charge on any atom is -0.484 e. The molecule has 0 spiro atoms. The third-order valence-electron chi connectivity index (χ3n) is 5.84. The van der Waals surface area contributed by atoms with E-state index in [1.807, 2.05) is 30.3 Å². The number of nitrogens with two attached hydrogens (primary N) is 1. The molecule has 2 N–H and O–H groups in total. The molecule has 5 rings (SSSR count). The van der Waals surface area contributed by atoms with Crippen molar-refractivity contribution in [2.75, 3.05) is 13.7 Å². The molecule has 0 unspecified atom stereocenters. The topological polar surface area (TPSA) is 135 Å². The minimum absolute atomic E-state index is 0.220. The van der Waals surface area contributed by atoms with Crippen LogP contribution in [0.4, 0.5) is 10.5 Å². The number of urea groups is 1. The Balaban J connectivity index is 1.40. The van der Waals surface area contributed by atoms with Crippen molar-refractivity contribution < 1.29 is 28.1 Å². The van der Waals surface area contributed by atoms with Gasteiger partial charge in [0.05, 0.1) is 12.4 Å². The molecule has 1 aliphatic heterocycles. The molecular formula is C28H21N4O6+. The molecule has 0 saturated heterocycles. The van der Waals surface area contributed by atoms with Crippen LogP contribution >= 0.6 is 0 Å². The number of ether oxygens (including phenoxy) is 1. The van der Waals surface area contributed by atoms with E-state index in [-0.39, 0.29) is 28.3 Å². The summed E-state index contributed by atoms with van der Waals surface area (Å²) in [6.45, 7) is -0.527.